The summed E-state index contributed by atoms with van der Waals surface area (Å²) in [5, 5.41) is 3.67. The van der Waals surface area contributed by atoms with Gasteiger partial charge in [0.05, 0.1) is 4.90 Å². The summed E-state index contributed by atoms with van der Waals surface area (Å²) in [6.45, 7) is 2.83. The van der Waals surface area contributed by atoms with E-state index in [1.54, 1.807) is 18.2 Å². The van der Waals surface area contributed by atoms with Gasteiger partial charge in [-0.3, -0.25) is 4.79 Å². The zero-order valence-electron chi connectivity index (χ0n) is 16.7. The molecule has 7 nitrogen and oxygen atoms in total. The Morgan fingerprint density at radius 2 is 1.80 bits per heavy atom. The third kappa shape index (κ3) is 4.29. The van der Waals surface area contributed by atoms with E-state index in [0.717, 1.165) is 23.9 Å². The molecule has 2 heterocycles. The van der Waals surface area contributed by atoms with Gasteiger partial charge >= 0.3 is 0 Å². The second-order valence-electron chi connectivity index (χ2n) is 7.25. The van der Waals surface area contributed by atoms with E-state index in [4.69, 9.17) is 4.74 Å². The highest BCUT2D eigenvalue weighted by molar-refractivity contribution is 7.89. The van der Waals surface area contributed by atoms with Gasteiger partial charge in [0.1, 0.15) is 11.3 Å². The second kappa shape index (κ2) is 8.41. The molecule has 1 amide bonds. The summed E-state index contributed by atoms with van der Waals surface area (Å²) in [4.78, 5) is 17.0. The molecule has 3 aromatic rings. The predicted molar refractivity (Wildman–Crippen MR) is 115 cm³/mol. The number of hydrogen-bond acceptors (Lipinski definition) is 5. The molecule has 1 N–H and O–H groups in total. The quantitative estimate of drug-likeness (QED) is 0.654. The van der Waals surface area contributed by atoms with Gasteiger partial charge in [0, 0.05) is 29.9 Å². The van der Waals surface area contributed by atoms with E-state index in [1.807, 2.05) is 31.2 Å². The van der Waals surface area contributed by atoms with Crippen molar-refractivity contribution in [3.05, 3.63) is 60.3 Å². The highest BCUT2D eigenvalue weighted by Gasteiger charge is 2.26. The third-order valence-electron chi connectivity index (χ3n) is 5.02. The van der Waals surface area contributed by atoms with E-state index in [1.165, 1.54) is 16.4 Å². The summed E-state index contributed by atoms with van der Waals surface area (Å²) in [5.74, 6) is 0.202. The molecule has 4 rings (SSSR count). The summed E-state index contributed by atoms with van der Waals surface area (Å²) in [6.07, 6.45) is 1.78. The number of amides is 1. The van der Waals surface area contributed by atoms with Gasteiger partial charge in [0.2, 0.25) is 10.0 Å². The van der Waals surface area contributed by atoms with Gasteiger partial charge in [0.15, 0.2) is 6.61 Å². The minimum absolute atomic E-state index is 0.178. The van der Waals surface area contributed by atoms with E-state index < -0.39 is 10.0 Å². The predicted octanol–water partition coefficient (Wildman–Crippen LogP) is 3.35. The number of carbonyl (C=O) groups excluding carboxylic acids is 1. The zero-order valence-corrected chi connectivity index (χ0v) is 17.5. The van der Waals surface area contributed by atoms with Crippen molar-refractivity contribution in [3.63, 3.8) is 0 Å². The first-order chi connectivity index (χ1) is 14.4. The number of nitrogens with zero attached hydrogens (tertiary/aromatic N) is 2. The van der Waals surface area contributed by atoms with Crippen molar-refractivity contribution in [2.75, 3.05) is 25.0 Å². The van der Waals surface area contributed by atoms with Crippen molar-refractivity contribution < 1.29 is 17.9 Å². The van der Waals surface area contributed by atoms with Crippen LogP contribution >= 0.6 is 0 Å². The minimum atomic E-state index is -3.47. The number of pyridine rings is 1. The molecule has 2 aromatic carbocycles. The standard InChI is InChI=1S/C22H23N3O4S/c1-16-7-8-17-5-4-6-20(22(17)23-16)29-15-21(26)24-18-9-11-19(12-10-18)30(27,28)25-13-2-3-14-25/h4-12H,2-3,13-15H2,1H3,(H,24,26). The molecule has 30 heavy (non-hydrogen) atoms. The maximum Gasteiger partial charge on any atom is 0.262 e. The molecule has 1 aliphatic rings. The van der Waals surface area contributed by atoms with Crippen LogP contribution < -0.4 is 10.1 Å². The Labute approximate surface area is 175 Å². The zero-order chi connectivity index (χ0) is 21.1. The van der Waals surface area contributed by atoms with Crippen LogP contribution in [-0.4, -0.2) is 43.3 Å². The normalized spacial score (nSPS) is 14.7. The Kier molecular flexibility index (Phi) is 5.69. The fraction of sp³-hybridized carbons (Fsp3) is 0.273. The molecule has 1 aromatic heterocycles. The number of sulfonamides is 1. The molecule has 0 atom stereocenters. The Morgan fingerprint density at radius 1 is 1.07 bits per heavy atom. The topological polar surface area (TPSA) is 88.6 Å². The number of hydrogen-bond donors (Lipinski definition) is 1. The maximum atomic E-state index is 12.6. The van der Waals surface area contributed by atoms with Gasteiger partial charge in [0.25, 0.3) is 5.91 Å². The van der Waals surface area contributed by atoms with Crippen molar-refractivity contribution in [3.8, 4) is 5.75 Å². The van der Waals surface area contributed by atoms with Crippen molar-refractivity contribution >= 4 is 32.5 Å². The number of aromatic nitrogens is 1. The molecular weight excluding hydrogens is 402 g/mol. The SMILES string of the molecule is Cc1ccc2cccc(OCC(=O)Nc3ccc(S(=O)(=O)N4CCCC4)cc3)c2n1. The van der Waals surface area contributed by atoms with Crippen molar-refractivity contribution in [2.24, 2.45) is 0 Å². The molecule has 0 spiro atoms. The van der Waals surface area contributed by atoms with Crippen molar-refractivity contribution in [1.82, 2.24) is 9.29 Å². The molecule has 1 fully saturated rings. The van der Waals surface area contributed by atoms with E-state index in [2.05, 4.69) is 10.3 Å². The molecule has 0 aliphatic carbocycles. The summed E-state index contributed by atoms with van der Waals surface area (Å²) >= 11 is 0. The largest absolute Gasteiger partial charge is 0.481 e. The summed E-state index contributed by atoms with van der Waals surface area (Å²) in [7, 11) is -3.47. The molecule has 0 unspecified atom stereocenters. The second-order valence-corrected chi connectivity index (χ2v) is 9.19. The number of para-hydroxylation sites is 1. The fourth-order valence-electron chi connectivity index (χ4n) is 3.46. The monoisotopic (exact) mass is 425 g/mol. The smallest absolute Gasteiger partial charge is 0.262 e. The first kappa shape index (κ1) is 20.3. The molecule has 156 valence electrons. The van der Waals surface area contributed by atoms with Crippen LogP contribution in [0.15, 0.2) is 59.5 Å². The lowest BCUT2D eigenvalue weighted by molar-refractivity contribution is -0.118. The molecule has 1 aliphatic heterocycles. The van der Waals surface area contributed by atoms with Crippen LogP contribution in [0.5, 0.6) is 5.75 Å². The van der Waals surface area contributed by atoms with Crippen molar-refractivity contribution in [1.29, 1.82) is 0 Å². The van der Waals surface area contributed by atoms with Crippen LogP contribution in [0.25, 0.3) is 10.9 Å². The lowest BCUT2D eigenvalue weighted by Crippen LogP contribution is -2.27. The minimum Gasteiger partial charge on any atom is -0.481 e. The average molecular weight is 426 g/mol. The lowest BCUT2D eigenvalue weighted by Gasteiger charge is -2.15. The van der Waals surface area contributed by atoms with E-state index in [0.29, 0.717) is 30.0 Å². The van der Waals surface area contributed by atoms with Crippen LogP contribution in [0.4, 0.5) is 5.69 Å². The molecule has 8 heteroatoms. The average Bonchev–Trinajstić information content (AvgIpc) is 3.28. The summed E-state index contributed by atoms with van der Waals surface area (Å²) < 4.78 is 32.3. The van der Waals surface area contributed by atoms with E-state index in [-0.39, 0.29) is 17.4 Å². The van der Waals surface area contributed by atoms with Crippen LogP contribution in [0.3, 0.4) is 0 Å². The number of benzene rings is 2. The van der Waals surface area contributed by atoms with E-state index in [9.17, 15) is 13.2 Å². The molecule has 0 bridgehead atoms. The Balaban J connectivity index is 1.39. The molecular formula is C22H23N3O4S. The lowest BCUT2D eigenvalue weighted by atomic mass is 10.2. The number of ether oxygens (including phenoxy) is 1. The fourth-order valence-corrected chi connectivity index (χ4v) is 4.98. The number of fused-ring (bicyclic) bond motifs is 1. The molecule has 0 radical (unpaired) electrons. The van der Waals surface area contributed by atoms with Gasteiger partial charge in [-0.1, -0.05) is 18.2 Å². The van der Waals surface area contributed by atoms with Gasteiger partial charge in [-0.05, 0) is 56.2 Å². The van der Waals surface area contributed by atoms with Crippen molar-refractivity contribution in [2.45, 2.75) is 24.7 Å². The number of carbonyl (C=O) groups is 1. The number of aryl methyl sites for hydroxylation is 1. The van der Waals surface area contributed by atoms with Gasteiger partial charge in [-0.15, -0.1) is 0 Å². The Morgan fingerprint density at radius 3 is 2.53 bits per heavy atom. The highest BCUT2D eigenvalue weighted by atomic mass is 32.2. The summed E-state index contributed by atoms with van der Waals surface area (Å²) in [5.41, 5.74) is 2.09. The Bertz CT molecular complexity index is 1170. The van der Waals surface area contributed by atoms with Crippen LogP contribution in [0.1, 0.15) is 18.5 Å². The first-order valence-electron chi connectivity index (χ1n) is 9.83. The number of anilines is 1. The van der Waals surface area contributed by atoms with Gasteiger partial charge < -0.3 is 10.1 Å². The van der Waals surface area contributed by atoms with E-state index >= 15 is 0 Å². The Hall–Kier alpha value is -2.97. The van der Waals surface area contributed by atoms with Crippen LogP contribution in [-0.2, 0) is 14.8 Å². The molecule has 1 saturated heterocycles. The van der Waals surface area contributed by atoms with Crippen LogP contribution in [0.2, 0.25) is 0 Å². The highest BCUT2D eigenvalue weighted by Crippen LogP contribution is 2.24. The summed E-state index contributed by atoms with van der Waals surface area (Å²) in [6, 6.07) is 15.7. The maximum absolute atomic E-state index is 12.6. The van der Waals surface area contributed by atoms with Crippen LogP contribution in [0, 0.1) is 6.92 Å². The molecule has 0 saturated carbocycles. The van der Waals surface area contributed by atoms with Gasteiger partial charge in [-0.2, -0.15) is 4.31 Å². The number of rotatable bonds is 6. The van der Waals surface area contributed by atoms with Gasteiger partial charge in [-0.25, -0.2) is 13.4 Å². The number of nitrogens with one attached hydrogen (secondary N) is 1. The third-order valence-corrected chi connectivity index (χ3v) is 6.93. The first-order valence-corrected chi connectivity index (χ1v) is 11.3.